The van der Waals surface area contributed by atoms with Gasteiger partial charge in [0.1, 0.15) is 16.3 Å². The number of ether oxygens (including phenoxy) is 2. The van der Waals surface area contributed by atoms with Gasteiger partial charge in [-0.1, -0.05) is 0 Å². The molecule has 1 aromatic carbocycles. The van der Waals surface area contributed by atoms with Crippen molar-refractivity contribution in [3.63, 3.8) is 0 Å². The number of hydrogen-bond acceptors (Lipinski definition) is 8. The number of nitrogens with one attached hydrogen (secondary N) is 1. The van der Waals surface area contributed by atoms with Gasteiger partial charge in [-0.3, -0.25) is 4.79 Å². The van der Waals surface area contributed by atoms with E-state index in [-0.39, 0.29) is 47.3 Å². The summed E-state index contributed by atoms with van der Waals surface area (Å²) in [5.41, 5.74) is 0.337. The Kier molecular flexibility index (Phi) is 6.65. The SMILES string of the molecule is COC(=O)C1=C(Nc2ccc(OC)c(S(=O)(=O)N(C)C)c2)C(=O)N(CCO)C1. The fourth-order valence-electron chi connectivity index (χ4n) is 2.65. The fourth-order valence-corrected chi connectivity index (χ4v) is 3.72. The van der Waals surface area contributed by atoms with Gasteiger partial charge in [-0.05, 0) is 18.2 Å². The Morgan fingerprint density at radius 3 is 2.54 bits per heavy atom. The van der Waals surface area contributed by atoms with Crippen molar-refractivity contribution in [3.05, 3.63) is 29.5 Å². The third-order valence-electron chi connectivity index (χ3n) is 4.15. The quantitative estimate of drug-likeness (QED) is 0.553. The highest BCUT2D eigenvalue weighted by Gasteiger charge is 2.34. The second kappa shape index (κ2) is 8.59. The number of sulfonamides is 1. The summed E-state index contributed by atoms with van der Waals surface area (Å²) in [6, 6.07) is 4.29. The number of aliphatic hydroxyl groups is 1. The van der Waals surface area contributed by atoms with Crippen LogP contribution < -0.4 is 10.1 Å². The summed E-state index contributed by atoms with van der Waals surface area (Å²) >= 11 is 0. The van der Waals surface area contributed by atoms with Crippen LogP contribution in [0.4, 0.5) is 5.69 Å². The maximum absolute atomic E-state index is 12.6. The van der Waals surface area contributed by atoms with E-state index in [1.54, 1.807) is 0 Å². The van der Waals surface area contributed by atoms with Crippen LogP contribution in [0, 0.1) is 0 Å². The monoisotopic (exact) mass is 413 g/mol. The minimum Gasteiger partial charge on any atom is -0.495 e. The zero-order valence-electron chi connectivity index (χ0n) is 16.1. The van der Waals surface area contributed by atoms with Crippen LogP contribution in [-0.4, -0.2) is 82.6 Å². The van der Waals surface area contributed by atoms with Gasteiger partial charge in [0, 0.05) is 26.3 Å². The third kappa shape index (κ3) is 4.11. The van der Waals surface area contributed by atoms with Gasteiger partial charge in [-0.2, -0.15) is 0 Å². The smallest absolute Gasteiger partial charge is 0.337 e. The molecule has 0 bridgehead atoms. The van der Waals surface area contributed by atoms with Crippen molar-refractivity contribution in [3.8, 4) is 5.75 Å². The average molecular weight is 413 g/mol. The van der Waals surface area contributed by atoms with Gasteiger partial charge in [-0.15, -0.1) is 0 Å². The van der Waals surface area contributed by atoms with Gasteiger partial charge >= 0.3 is 5.97 Å². The number of amides is 1. The lowest BCUT2D eigenvalue weighted by atomic mass is 10.2. The first-order valence-electron chi connectivity index (χ1n) is 8.26. The molecule has 2 N–H and O–H groups in total. The third-order valence-corrected chi connectivity index (χ3v) is 5.98. The fraction of sp³-hybridized carbons (Fsp3) is 0.412. The van der Waals surface area contributed by atoms with E-state index in [9.17, 15) is 18.0 Å². The number of esters is 1. The van der Waals surface area contributed by atoms with Crippen LogP contribution in [0.1, 0.15) is 0 Å². The van der Waals surface area contributed by atoms with Crippen molar-refractivity contribution >= 4 is 27.6 Å². The van der Waals surface area contributed by atoms with Gasteiger partial charge in [0.05, 0.1) is 32.9 Å². The number of methoxy groups -OCH3 is 2. The van der Waals surface area contributed by atoms with E-state index in [1.165, 1.54) is 51.4 Å². The number of nitrogens with zero attached hydrogens (tertiary/aromatic N) is 2. The Morgan fingerprint density at radius 2 is 2.00 bits per heavy atom. The lowest BCUT2D eigenvalue weighted by Crippen LogP contribution is -2.31. The van der Waals surface area contributed by atoms with Crippen molar-refractivity contribution in [2.24, 2.45) is 0 Å². The van der Waals surface area contributed by atoms with Gasteiger partial charge in [0.25, 0.3) is 5.91 Å². The minimum absolute atomic E-state index is 0.0204. The normalized spacial score (nSPS) is 14.6. The number of hydrogen-bond donors (Lipinski definition) is 2. The number of carbonyl (C=O) groups is 2. The molecule has 0 spiro atoms. The van der Waals surface area contributed by atoms with Crippen LogP contribution in [0.5, 0.6) is 5.75 Å². The van der Waals surface area contributed by atoms with Gasteiger partial charge in [0.2, 0.25) is 10.0 Å². The van der Waals surface area contributed by atoms with E-state index in [0.717, 1.165) is 4.31 Å². The van der Waals surface area contributed by atoms with E-state index in [2.05, 4.69) is 5.32 Å². The highest BCUT2D eigenvalue weighted by molar-refractivity contribution is 7.89. The average Bonchev–Trinajstić information content (AvgIpc) is 2.97. The summed E-state index contributed by atoms with van der Waals surface area (Å²) < 4.78 is 36.0. The molecule has 1 aromatic rings. The van der Waals surface area contributed by atoms with Crippen LogP contribution in [0.25, 0.3) is 0 Å². The summed E-state index contributed by atoms with van der Waals surface area (Å²) in [5, 5.41) is 11.9. The van der Waals surface area contributed by atoms with E-state index < -0.39 is 21.9 Å². The first kappa shape index (κ1) is 21.7. The molecule has 1 heterocycles. The molecule has 0 saturated heterocycles. The Hall–Kier alpha value is -2.63. The van der Waals surface area contributed by atoms with Crippen molar-refractivity contribution in [2.45, 2.75) is 4.90 Å². The van der Waals surface area contributed by atoms with Gasteiger partial charge in [-0.25, -0.2) is 17.5 Å². The molecule has 0 aromatic heterocycles. The Labute approximate surface area is 163 Å². The molecule has 0 aliphatic carbocycles. The minimum atomic E-state index is -3.81. The molecule has 0 saturated carbocycles. The van der Waals surface area contributed by atoms with Crippen LogP contribution >= 0.6 is 0 Å². The highest BCUT2D eigenvalue weighted by Crippen LogP contribution is 2.30. The zero-order valence-corrected chi connectivity index (χ0v) is 16.9. The Bertz CT molecular complexity index is 909. The standard InChI is InChI=1S/C17H23N3O7S/c1-19(2)28(24,25)14-9-11(5-6-13(14)26-3)18-15-12(17(23)27-4)10-20(7-8-21)16(15)22/h5-6,9,18,21H,7-8,10H2,1-4H3. The second-order valence-corrected chi connectivity index (χ2v) is 8.19. The van der Waals surface area contributed by atoms with E-state index in [0.29, 0.717) is 0 Å². The Balaban J connectivity index is 2.48. The molecule has 2 rings (SSSR count). The predicted octanol–water partition coefficient (Wildman–Crippen LogP) is -0.381. The van der Waals surface area contributed by atoms with Gasteiger partial charge in [0.15, 0.2) is 0 Å². The van der Waals surface area contributed by atoms with Crippen molar-refractivity contribution in [1.82, 2.24) is 9.21 Å². The summed E-state index contributed by atoms with van der Waals surface area (Å²) in [6.07, 6.45) is 0. The molecule has 0 radical (unpaired) electrons. The number of rotatable bonds is 8. The molecule has 0 unspecified atom stereocenters. The second-order valence-electron chi connectivity index (χ2n) is 6.07. The molecule has 10 nitrogen and oxygen atoms in total. The highest BCUT2D eigenvalue weighted by atomic mass is 32.2. The molecule has 28 heavy (non-hydrogen) atoms. The first-order chi connectivity index (χ1) is 13.2. The first-order valence-corrected chi connectivity index (χ1v) is 9.70. The number of anilines is 1. The number of benzene rings is 1. The predicted molar refractivity (Wildman–Crippen MR) is 100 cm³/mol. The van der Waals surface area contributed by atoms with E-state index in [4.69, 9.17) is 14.6 Å². The van der Waals surface area contributed by atoms with Gasteiger partial charge < -0.3 is 24.8 Å². The molecular formula is C17H23N3O7S. The molecular weight excluding hydrogens is 390 g/mol. The van der Waals surface area contributed by atoms with E-state index in [1.807, 2.05) is 0 Å². The van der Waals surface area contributed by atoms with Crippen LogP contribution in [-0.2, 0) is 24.3 Å². The summed E-state index contributed by atoms with van der Waals surface area (Å²) in [5.74, 6) is -1.05. The molecule has 11 heteroatoms. The summed E-state index contributed by atoms with van der Waals surface area (Å²) in [6.45, 7) is -0.234. The van der Waals surface area contributed by atoms with Crippen molar-refractivity contribution in [2.75, 3.05) is 53.3 Å². The molecule has 1 aliphatic heterocycles. The number of carbonyl (C=O) groups excluding carboxylic acids is 2. The van der Waals surface area contributed by atoms with Crippen LogP contribution in [0.3, 0.4) is 0 Å². The zero-order chi connectivity index (χ0) is 21.1. The van der Waals surface area contributed by atoms with Crippen molar-refractivity contribution < 1.29 is 32.6 Å². The maximum atomic E-state index is 12.6. The number of β-amino-alcohol motifs (C(OH)–C–C–N with tert-alkyl or cyclic N) is 1. The topological polar surface area (TPSA) is 125 Å². The van der Waals surface area contributed by atoms with E-state index >= 15 is 0 Å². The van der Waals surface area contributed by atoms with Crippen LogP contribution in [0.2, 0.25) is 0 Å². The largest absolute Gasteiger partial charge is 0.495 e. The number of aliphatic hydroxyl groups excluding tert-OH is 1. The summed E-state index contributed by atoms with van der Waals surface area (Å²) in [7, 11) is 1.51. The molecule has 0 fully saturated rings. The maximum Gasteiger partial charge on any atom is 0.337 e. The lowest BCUT2D eigenvalue weighted by Gasteiger charge is -2.17. The summed E-state index contributed by atoms with van der Waals surface area (Å²) in [4.78, 5) is 25.8. The molecule has 1 amide bonds. The van der Waals surface area contributed by atoms with Crippen LogP contribution in [0.15, 0.2) is 34.4 Å². The molecule has 1 aliphatic rings. The molecule has 154 valence electrons. The Morgan fingerprint density at radius 1 is 1.32 bits per heavy atom. The molecule has 0 atom stereocenters. The van der Waals surface area contributed by atoms with Crippen molar-refractivity contribution in [1.29, 1.82) is 0 Å². The lowest BCUT2D eigenvalue weighted by molar-refractivity contribution is -0.136.